The molecular formula is C11H20O7. The lowest BCUT2D eigenvalue weighted by Gasteiger charge is -2.15. The Morgan fingerprint density at radius 2 is 1.94 bits per heavy atom. The number of carboxylic acids is 1. The molecule has 0 aliphatic heterocycles. The quantitative estimate of drug-likeness (QED) is 0.243. The van der Waals surface area contributed by atoms with E-state index < -0.39 is 12.1 Å². The molecule has 0 bridgehead atoms. The van der Waals surface area contributed by atoms with Crippen LogP contribution in [0.4, 0.5) is 0 Å². The standard InChI is InChI=1S/C11H20O7/c1-4-14-6-7-16-18-17-8-10(15-5-2)9(3)11(12)13/h10H,3-8H2,1-2H3,(H,12,13). The number of carboxylic acid groups (broad SMARTS) is 1. The third kappa shape index (κ3) is 8.15. The number of hydrogen-bond donors (Lipinski definition) is 1. The number of carbonyl (C=O) groups is 1. The summed E-state index contributed by atoms with van der Waals surface area (Å²) in [6.07, 6.45) is -0.775. The van der Waals surface area contributed by atoms with Crippen molar-refractivity contribution in [1.82, 2.24) is 0 Å². The Hall–Kier alpha value is -0.990. The highest BCUT2D eigenvalue weighted by molar-refractivity contribution is 5.86. The molecule has 0 aliphatic rings. The molecule has 7 nitrogen and oxygen atoms in total. The molecule has 106 valence electrons. The zero-order chi connectivity index (χ0) is 13.8. The van der Waals surface area contributed by atoms with E-state index in [1.54, 1.807) is 6.92 Å². The lowest BCUT2D eigenvalue weighted by molar-refractivity contribution is -0.516. The molecule has 0 radical (unpaired) electrons. The Kier molecular flexibility index (Phi) is 10.5. The largest absolute Gasteiger partial charge is 0.478 e. The third-order valence-electron chi connectivity index (χ3n) is 1.86. The van der Waals surface area contributed by atoms with Crippen molar-refractivity contribution < 1.29 is 34.2 Å². The first kappa shape index (κ1) is 17.0. The summed E-state index contributed by atoms with van der Waals surface area (Å²) in [6.45, 7) is 8.41. The summed E-state index contributed by atoms with van der Waals surface area (Å²) < 4.78 is 10.1. The summed E-state index contributed by atoms with van der Waals surface area (Å²) in [6, 6.07) is 0. The van der Waals surface area contributed by atoms with Gasteiger partial charge in [0.25, 0.3) is 0 Å². The van der Waals surface area contributed by atoms with E-state index in [2.05, 4.69) is 21.4 Å². The van der Waals surface area contributed by atoms with Crippen LogP contribution in [-0.4, -0.2) is 50.2 Å². The molecule has 0 aromatic carbocycles. The van der Waals surface area contributed by atoms with E-state index in [1.807, 2.05) is 6.92 Å². The molecule has 0 aromatic rings. The second kappa shape index (κ2) is 11.1. The van der Waals surface area contributed by atoms with E-state index in [9.17, 15) is 4.79 Å². The van der Waals surface area contributed by atoms with Crippen LogP contribution >= 0.6 is 0 Å². The van der Waals surface area contributed by atoms with Crippen molar-refractivity contribution in [2.45, 2.75) is 20.0 Å². The van der Waals surface area contributed by atoms with Crippen LogP contribution in [0.2, 0.25) is 0 Å². The Morgan fingerprint density at radius 3 is 2.50 bits per heavy atom. The molecule has 0 spiro atoms. The minimum Gasteiger partial charge on any atom is -0.478 e. The van der Waals surface area contributed by atoms with E-state index in [-0.39, 0.29) is 18.8 Å². The van der Waals surface area contributed by atoms with Crippen LogP contribution < -0.4 is 0 Å². The molecule has 0 heterocycles. The maximum absolute atomic E-state index is 10.7. The van der Waals surface area contributed by atoms with Gasteiger partial charge in [-0.3, -0.25) is 0 Å². The zero-order valence-corrected chi connectivity index (χ0v) is 10.7. The molecule has 1 unspecified atom stereocenters. The summed E-state index contributed by atoms with van der Waals surface area (Å²) in [5, 5.41) is 13.1. The molecule has 0 aromatic heterocycles. The van der Waals surface area contributed by atoms with Gasteiger partial charge in [-0.2, -0.15) is 0 Å². The first-order valence-electron chi connectivity index (χ1n) is 5.65. The summed E-state index contributed by atoms with van der Waals surface area (Å²) in [5.74, 6) is -1.14. The van der Waals surface area contributed by atoms with E-state index >= 15 is 0 Å². The fourth-order valence-corrected chi connectivity index (χ4v) is 0.983. The van der Waals surface area contributed by atoms with E-state index in [0.717, 1.165) is 0 Å². The smallest absolute Gasteiger partial charge is 0.333 e. The molecule has 0 fully saturated rings. The van der Waals surface area contributed by atoms with Crippen molar-refractivity contribution in [2.24, 2.45) is 0 Å². The molecule has 18 heavy (non-hydrogen) atoms. The normalized spacial score (nSPS) is 12.3. The van der Waals surface area contributed by atoms with Gasteiger partial charge in [0, 0.05) is 13.2 Å². The average molecular weight is 264 g/mol. The van der Waals surface area contributed by atoms with Crippen LogP contribution in [0.25, 0.3) is 0 Å². The monoisotopic (exact) mass is 264 g/mol. The van der Waals surface area contributed by atoms with Crippen LogP contribution in [0.5, 0.6) is 0 Å². The Labute approximate surface area is 106 Å². The third-order valence-corrected chi connectivity index (χ3v) is 1.86. The second-order valence-electron chi connectivity index (χ2n) is 3.15. The van der Waals surface area contributed by atoms with Crippen LogP contribution in [0.3, 0.4) is 0 Å². The number of ether oxygens (including phenoxy) is 2. The Bertz CT molecular complexity index is 242. The molecule has 1 N–H and O–H groups in total. The minimum atomic E-state index is -1.14. The topological polar surface area (TPSA) is 83.5 Å². The van der Waals surface area contributed by atoms with Crippen LogP contribution in [0.15, 0.2) is 12.2 Å². The van der Waals surface area contributed by atoms with Crippen LogP contribution in [0, 0.1) is 0 Å². The molecule has 0 amide bonds. The molecule has 1 atom stereocenters. The predicted octanol–water partition coefficient (Wildman–Crippen LogP) is 0.949. The first-order chi connectivity index (χ1) is 8.63. The van der Waals surface area contributed by atoms with Crippen LogP contribution in [0.1, 0.15) is 13.8 Å². The maximum Gasteiger partial charge on any atom is 0.333 e. The van der Waals surface area contributed by atoms with Gasteiger partial charge in [0.1, 0.15) is 19.3 Å². The van der Waals surface area contributed by atoms with E-state index in [0.29, 0.717) is 19.8 Å². The van der Waals surface area contributed by atoms with Gasteiger partial charge >= 0.3 is 5.97 Å². The fraction of sp³-hybridized carbons (Fsp3) is 0.727. The van der Waals surface area contributed by atoms with E-state index in [1.165, 1.54) is 0 Å². The van der Waals surface area contributed by atoms with Gasteiger partial charge in [-0.15, -0.1) is 0 Å². The molecule has 7 heteroatoms. The van der Waals surface area contributed by atoms with Gasteiger partial charge in [0.05, 0.1) is 12.2 Å². The average Bonchev–Trinajstić information content (AvgIpc) is 2.35. The highest BCUT2D eigenvalue weighted by atomic mass is 17.5. The van der Waals surface area contributed by atoms with Gasteiger partial charge in [0.2, 0.25) is 0 Å². The summed E-state index contributed by atoms with van der Waals surface area (Å²) in [4.78, 5) is 20.0. The summed E-state index contributed by atoms with van der Waals surface area (Å²) >= 11 is 0. The molecule has 0 saturated heterocycles. The Balaban J connectivity index is 3.71. The van der Waals surface area contributed by atoms with Crippen molar-refractivity contribution in [2.75, 3.05) is 33.0 Å². The predicted molar refractivity (Wildman–Crippen MR) is 61.7 cm³/mol. The highest BCUT2D eigenvalue weighted by Gasteiger charge is 2.19. The van der Waals surface area contributed by atoms with Gasteiger partial charge in [-0.05, 0) is 13.8 Å². The molecule has 0 saturated carbocycles. The van der Waals surface area contributed by atoms with Crippen molar-refractivity contribution in [1.29, 1.82) is 0 Å². The van der Waals surface area contributed by atoms with Crippen LogP contribution in [-0.2, 0) is 29.1 Å². The maximum atomic E-state index is 10.7. The van der Waals surface area contributed by atoms with Gasteiger partial charge < -0.3 is 14.6 Å². The first-order valence-corrected chi connectivity index (χ1v) is 5.65. The lowest BCUT2D eigenvalue weighted by Crippen LogP contribution is -2.26. The van der Waals surface area contributed by atoms with Gasteiger partial charge in [-0.25, -0.2) is 14.6 Å². The Morgan fingerprint density at radius 1 is 1.22 bits per heavy atom. The fourth-order valence-electron chi connectivity index (χ4n) is 0.983. The van der Waals surface area contributed by atoms with Crippen molar-refractivity contribution in [3.63, 3.8) is 0 Å². The number of rotatable bonds is 12. The second-order valence-corrected chi connectivity index (χ2v) is 3.15. The number of aliphatic carboxylic acids is 1. The summed E-state index contributed by atoms with van der Waals surface area (Å²) in [5.41, 5.74) is -0.102. The lowest BCUT2D eigenvalue weighted by atomic mass is 10.2. The molecular weight excluding hydrogens is 244 g/mol. The minimum absolute atomic E-state index is 0.102. The van der Waals surface area contributed by atoms with E-state index in [4.69, 9.17) is 14.6 Å². The summed E-state index contributed by atoms with van der Waals surface area (Å²) in [7, 11) is 0. The van der Waals surface area contributed by atoms with Crippen molar-refractivity contribution >= 4 is 5.97 Å². The van der Waals surface area contributed by atoms with Gasteiger partial charge in [0.15, 0.2) is 0 Å². The van der Waals surface area contributed by atoms with Crippen molar-refractivity contribution in [3.8, 4) is 0 Å². The van der Waals surface area contributed by atoms with Crippen molar-refractivity contribution in [3.05, 3.63) is 12.2 Å². The molecule has 0 rings (SSSR count). The zero-order valence-electron chi connectivity index (χ0n) is 10.7. The number of hydrogen-bond acceptors (Lipinski definition) is 6. The highest BCUT2D eigenvalue weighted by Crippen LogP contribution is 2.06. The molecule has 0 aliphatic carbocycles. The van der Waals surface area contributed by atoms with Gasteiger partial charge in [-0.1, -0.05) is 11.6 Å². The SMILES string of the molecule is C=C(C(=O)O)C(COOOCCOCC)OCC.